The summed E-state index contributed by atoms with van der Waals surface area (Å²) in [5, 5.41) is 0. The predicted molar refractivity (Wildman–Crippen MR) is 73.2 cm³/mol. The zero-order valence-electron chi connectivity index (χ0n) is 12.5. The lowest BCUT2D eigenvalue weighted by molar-refractivity contribution is -2.00. The fraction of sp³-hybridized carbons (Fsp3) is 0.357. The number of nitrogens with zero attached hydrogens (tertiary/aromatic N) is 1. The maximum atomic E-state index is 8.49. The smallest absolute Gasteiger partial charge is 0.220 e. The van der Waals surface area contributed by atoms with Crippen molar-refractivity contribution in [2.24, 2.45) is 0 Å². The lowest BCUT2D eigenvalue weighted by Crippen LogP contribution is -2.68. The number of hydrogen-bond donors (Lipinski definition) is 1. The lowest BCUT2D eigenvalue weighted by Gasteiger charge is -2.17. The second-order valence-electron chi connectivity index (χ2n) is 4.92. The third-order valence-corrected chi connectivity index (χ3v) is 4.35. The first-order valence-electron chi connectivity index (χ1n) is 6.92. The van der Waals surface area contributed by atoms with Crippen molar-refractivity contribution in [2.45, 2.75) is 25.7 Å². The molecule has 7 nitrogen and oxygen atoms in total. The molecule has 2 aromatic rings. The first kappa shape index (κ1) is 17.9. The van der Waals surface area contributed by atoms with E-state index in [4.69, 9.17) is 23.4 Å². The Kier molecular flexibility index (Phi) is 6.17. The summed E-state index contributed by atoms with van der Waals surface area (Å²) in [6, 6.07) is 8.00. The number of ether oxygens (including phenoxy) is 1. The summed E-state index contributed by atoms with van der Waals surface area (Å²) in [6.07, 6.45) is 7.34. The highest BCUT2D eigenvalue weighted by Gasteiger charge is 2.19. The van der Waals surface area contributed by atoms with Crippen LogP contribution in [0.2, 0.25) is 0 Å². The van der Waals surface area contributed by atoms with E-state index in [-0.39, 0.29) is 0 Å². The van der Waals surface area contributed by atoms with Crippen molar-refractivity contribution in [3.63, 3.8) is 0 Å². The molecule has 1 aromatic carbocycles. The minimum Gasteiger partial charge on any atom is -0.497 e. The average molecular weight is 361 g/mol. The van der Waals surface area contributed by atoms with Crippen LogP contribution in [0.1, 0.15) is 23.3 Å². The van der Waals surface area contributed by atoms with Crippen LogP contribution in [0.15, 0.2) is 30.5 Å². The number of anilines is 1. The molecule has 0 bridgehead atoms. The van der Waals surface area contributed by atoms with E-state index in [1.807, 2.05) is 35.8 Å². The van der Waals surface area contributed by atoms with E-state index in [2.05, 4.69) is 15.7 Å². The summed E-state index contributed by atoms with van der Waals surface area (Å²) >= 11 is 1.81. The highest BCUT2D eigenvalue weighted by atomic mass is 35.7. The topological polar surface area (TPSA) is 117 Å². The molecule has 0 aliphatic heterocycles. The number of rotatable bonds is 3. The van der Waals surface area contributed by atoms with Crippen molar-refractivity contribution >= 4 is 17.2 Å². The molecule has 1 aliphatic carbocycles. The minimum atomic E-state index is -4.94. The summed E-state index contributed by atoms with van der Waals surface area (Å²) in [6.45, 7) is 0. The van der Waals surface area contributed by atoms with Gasteiger partial charge in [0.1, 0.15) is 5.75 Å². The summed E-state index contributed by atoms with van der Waals surface area (Å²) in [7, 11) is -3.26. The molecule has 1 aromatic heterocycles. The maximum absolute atomic E-state index is 8.49. The Morgan fingerprint density at radius 2 is 1.70 bits per heavy atom. The van der Waals surface area contributed by atoms with E-state index in [0.717, 1.165) is 11.4 Å². The molecule has 1 heterocycles. The second kappa shape index (κ2) is 7.91. The summed E-state index contributed by atoms with van der Waals surface area (Å²) in [5.74, 6) is 0.885. The van der Waals surface area contributed by atoms with Crippen molar-refractivity contribution in [3.8, 4) is 5.75 Å². The van der Waals surface area contributed by atoms with Gasteiger partial charge in [-0.1, -0.05) is 0 Å². The van der Waals surface area contributed by atoms with Crippen LogP contribution >= 0.6 is 11.5 Å². The maximum Gasteiger partial charge on any atom is 0.220 e. The molecule has 0 amide bonds. The molecule has 0 atom stereocenters. The Balaban J connectivity index is 0.000000338. The predicted octanol–water partition coefficient (Wildman–Crippen LogP) is -1.96. The highest BCUT2D eigenvalue weighted by Crippen LogP contribution is 2.23. The van der Waals surface area contributed by atoms with Gasteiger partial charge in [-0.25, -0.2) is 18.6 Å². The van der Waals surface area contributed by atoms with Crippen molar-refractivity contribution in [1.82, 2.24) is 0 Å². The van der Waals surface area contributed by atoms with Crippen molar-refractivity contribution < 1.29 is 37.7 Å². The number of aromatic nitrogens is 1. The number of methoxy groups -OCH3 is 1. The molecule has 0 unspecified atom stereocenters. The SMILES string of the molecule is COc1ccc(N[n+]2cc3c(s2)CCCC3)cc1.[O-][Cl+3]([O-])([O-])[O-]. The Morgan fingerprint density at radius 1 is 1.09 bits per heavy atom. The summed E-state index contributed by atoms with van der Waals surface area (Å²) in [5.41, 5.74) is 5.98. The van der Waals surface area contributed by atoms with Gasteiger partial charge in [-0.2, -0.15) is 0 Å². The zero-order chi connectivity index (χ0) is 16.9. The Bertz CT molecular complexity index is 598. The van der Waals surface area contributed by atoms with E-state index >= 15 is 0 Å². The van der Waals surface area contributed by atoms with Gasteiger partial charge in [0.15, 0.2) is 11.5 Å². The number of benzene rings is 1. The molecule has 0 fully saturated rings. The van der Waals surface area contributed by atoms with Gasteiger partial charge in [-0.05, 0) is 54.0 Å². The normalized spacial score (nSPS) is 13.6. The number of halogens is 1. The second-order valence-corrected chi connectivity index (χ2v) is 6.74. The number of hydrogen-bond acceptors (Lipinski definition) is 7. The van der Waals surface area contributed by atoms with E-state index < -0.39 is 10.2 Å². The Morgan fingerprint density at radius 3 is 2.26 bits per heavy atom. The van der Waals surface area contributed by atoms with Crippen molar-refractivity contribution in [3.05, 3.63) is 40.9 Å². The van der Waals surface area contributed by atoms with Crippen LogP contribution in [-0.2, 0) is 12.8 Å². The van der Waals surface area contributed by atoms with Gasteiger partial charge in [-0.3, -0.25) is 0 Å². The van der Waals surface area contributed by atoms with Gasteiger partial charge in [0.05, 0.1) is 17.7 Å². The summed E-state index contributed by atoms with van der Waals surface area (Å²) in [4.78, 5) is 1.53. The summed E-state index contributed by atoms with van der Waals surface area (Å²) < 4.78 is 41.2. The molecule has 0 saturated heterocycles. The van der Waals surface area contributed by atoms with Gasteiger partial charge in [0.25, 0.3) is 0 Å². The molecule has 0 radical (unpaired) electrons. The first-order valence-corrected chi connectivity index (χ1v) is 8.92. The van der Waals surface area contributed by atoms with E-state index in [9.17, 15) is 0 Å². The van der Waals surface area contributed by atoms with Gasteiger partial charge in [0.2, 0.25) is 6.20 Å². The zero-order valence-corrected chi connectivity index (χ0v) is 14.1. The molecule has 126 valence electrons. The quantitative estimate of drug-likeness (QED) is 0.635. The molecular formula is C14H17ClN2O5S. The average Bonchev–Trinajstić information content (AvgIpc) is 2.88. The standard InChI is InChI=1S/C14H17N2OS.ClHO4/c1-17-13-8-6-12(7-9-13)15-16-10-11-4-2-3-5-14(11)18-16;2-1(3,4)5/h6-10,15H,2-5H2,1H3;(H,2,3,4,5)/q+1;/p-1. The fourth-order valence-electron chi connectivity index (χ4n) is 2.28. The molecule has 23 heavy (non-hydrogen) atoms. The van der Waals surface area contributed by atoms with Gasteiger partial charge < -0.3 is 4.74 Å². The van der Waals surface area contributed by atoms with Crippen LogP contribution in [0, 0.1) is 10.2 Å². The third kappa shape index (κ3) is 6.30. The molecule has 0 spiro atoms. The third-order valence-electron chi connectivity index (χ3n) is 3.27. The molecule has 0 saturated carbocycles. The van der Waals surface area contributed by atoms with E-state index in [1.165, 1.54) is 36.1 Å². The molecule has 3 rings (SSSR count). The minimum absolute atomic E-state index is 0.885. The van der Waals surface area contributed by atoms with Crippen LogP contribution < -0.4 is 32.9 Å². The van der Waals surface area contributed by atoms with Crippen molar-refractivity contribution in [2.75, 3.05) is 12.5 Å². The highest BCUT2D eigenvalue weighted by molar-refractivity contribution is 7.02. The monoisotopic (exact) mass is 360 g/mol. The van der Waals surface area contributed by atoms with Gasteiger partial charge >= 0.3 is 0 Å². The first-order chi connectivity index (χ1) is 10.8. The van der Waals surface area contributed by atoms with E-state index in [1.54, 1.807) is 7.11 Å². The number of fused-ring (bicyclic) bond motifs is 1. The van der Waals surface area contributed by atoms with Crippen LogP contribution in [0.4, 0.5) is 5.69 Å². The molecule has 1 aliphatic rings. The van der Waals surface area contributed by atoms with Gasteiger partial charge in [-0.15, -0.1) is 15.7 Å². The Hall–Kier alpha value is -1.42. The van der Waals surface area contributed by atoms with E-state index in [0.29, 0.717) is 0 Å². The van der Waals surface area contributed by atoms with Gasteiger partial charge in [0, 0.05) is 5.56 Å². The molecule has 1 N–H and O–H groups in total. The number of aryl methyl sites for hydroxylation is 2. The molecule has 9 heteroatoms. The van der Waals surface area contributed by atoms with Crippen LogP contribution in [0.5, 0.6) is 5.75 Å². The largest absolute Gasteiger partial charge is 0.497 e. The lowest BCUT2D eigenvalue weighted by atomic mass is 10.0. The van der Waals surface area contributed by atoms with Crippen LogP contribution in [-0.4, -0.2) is 7.11 Å². The molecular weight excluding hydrogens is 344 g/mol. The number of nitrogens with one attached hydrogen (secondary N) is 1. The van der Waals surface area contributed by atoms with Crippen LogP contribution in [0.25, 0.3) is 0 Å². The Labute approximate surface area is 140 Å². The van der Waals surface area contributed by atoms with Crippen LogP contribution in [0.3, 0.4) is 0 Å². The van der Waals surface area contributed by atoms with Crippen molar-refractivity contribution in [1.29, 1.82) is 0 Å². The fourth-order valence-corrected chi connectivity index (χ4v) is 3.35.